The molecule has 0 amide bonds. The second-order valence-corrected chi connectivity index (χ2v) is 5.92. The van der Waals surface area contributed by atoms with E-state index in [4.69, 9.17) is 5.73 Å². The number of rotatable bonds is 7. The van der Waals surface area contributed by atoms with Gasteiger partial charge >= 0.3 is 0 Å². The van der Waals surface area contributed by atoms with E-state index in [-0.39, 0.29) is 78.4 Å². The smallest absolute Gasteiger partial charge is 0.0686 e. The summed E-state index contributed by atoms with van der Waals surface area (Å²) in [7, 11) is 0. The topological polar surface area (TPSA) is 63.3 Å². The van der Waals surface area contributed by atoms with Crippen LogP contribution in [0.5, 0.6) is 0 Å². The quantitative estimate of drug-likeness (QED) is 0.461. The van der Waals surface area contributed by atoms with Crippen LogP contribution >= 0.6 is 0 Å². The molecule has 0 bridgehead atoms. The SMILES string of the molecule is Cc1[c-]c(C)c([C-]=O)c(CC[C@@H](O)[C@@H](N)Cc2ccccc2)[c-]1.[V].[W].[Y]. The molecule has 0 fully saturated rings. The second-order valence-electron chi connectivity index (χ2n) is 5.92. The van der Waals surface area contributed by atoms with Crippen LogP contribution in [0.25, 0.3) is 0 Å². The van der Waals surface area contributed by atoms with Gasteiger partial charge in [0.1, 0.15) is 0 Å². The third-order valence-electron chi connectivity index (χ3n) is 3.99. The van der Waals surface area contributed by atoms with E-state index in [0.29, 0.717) is 24.8 Å². The van der Waals surface area contributed by atoms with E-state index in [2.05, 4.69) is 12.1 Å². The molecule has 2 aromatic carbocycles. The molecule has 0 aliphatic heterocycles. The Morgan fingerprint density at radius 1 is 1.19 bits per heavy atom. The molecule has 3 N–H and O–H groups in total. The summed E-state index contributed by atoms with van der Waals surface area (Å²) in [4.78, 5) is 11.1. The number of carbonyl (C=O) groups excluding carboxylic acids is 1. The van der Waals surface area contributed by atoms with Crippen molar-refractivity contribution < 1.29 is 82.2 Å². The maximum absolute atomic E-state index is 11.1. The van der Waals surface area contributed by atoms with Gasteiger partial charge in [-0.15, -0.1) is 13.3 Å². The summed E-state index contributed by atoms with van der Waals surface area (Å²) in [6.07, 6.45) is 2.99. The van der Waals surface area contributed by atoms with Crippen LogP contribution in [0.2, 0.25) is 0 Å². The Hall–Kier alpha value is 0.407. The monoisotopic (exact) mass is 632 g/mol. The minimum Gasteiger partial charge on any atom is -0.422 e. The van der Waals surface area contributed by atoms with Gasteiger partial charge in [-0.25, -0.2) is 0 Å². The van der Waals surface area contributed by atoms with E-state index < -0.39 is 6.10 Å². The molecule has 3 nitrogen and oxygen atoms in total. The van der Waals surface area contributed by atoms with Crippen LogP contribution in [-0.4, -0.2) is 23.5 Å². The number of aryl methyl sites for hydroxylation is 3. The van der Waals surface area contributed by atoms with Crippen LogP contribution in [0.4, 0.5) is 0 Å². The summed E-state index contributed by atoms with van der Waals surface area (Å²) in [6, 6.07) is 15.7. The minimum atomic E-state index is -0.632. The van der Waals surface area contributed by atoms with Gasteiger partial charge in [0.2, 0.25) is 0 Å². The summed E-state index contributed by atoms with van der Waals surface area (Å²) in [5.74, 6) is 0. The summed E-state index contributed by atoms with van der Waals surface area (Å²) < 4.78 is 0. The predicted molar refractivity (Wildman–Crippen MR) is 90.8 cm³/mol. The van der Waals surface area contributed by atoms with E-state index in [9.17, 15) is 9.90 Å². The van der Waals surface area contributed by atoms with Crippen molar-refractivity contribution >= 4 is 6.29 Å². The van der Waals surface area contributed by atoms with E-state index in [1.807, 2.05) is 50.5 Å². The Bertz CT molecular complexity index is 670. The largest absolute Gasteiger partial charge is 0.422 e. The van der Waals surface area contributed by atoms with E-state index in [1.54, 1.807) is 0 Å². The van der Waals surface area contributed by atoms with Crippen LogP contribution < -0.4 is 5.73 Å². The fourth-order valence-corrected chi connectivity index (χ4v) is 2.74. The zero-order valence-corrected chi connectivity index (χ0v) is 22.2. The Balaban J connectivity index is 0. The van der Waals surface area contributed by atoms with Gasteiger partial charge < -0.3 is 50.0 Å². The molecule has 0 saturated heterocycles. The molecule has 26 heavy (non-hydrogen) atoms. The number of benzene rings is 2. The summed E-state index contributed by atoms with van der Waals surface area (Å²) in [5, 5.41) is 10.3. The zero-order chi connectivity index (χ0) is 16.8. The van der Waals surface area contributed by atoms with E-state index >= 15 is 0 Å². The predicted octanol–water partition coefficient (Wildman–Crippen LogP) is 2.22. The molecule has 0 heterocycles. The standard InChI is InChI=1S/C20H22NO2.V.W.Y/c1-14-10-15(2)18(13-22)17(11-14)8-9-20(23)19(21)12-16-6-4-3-5-7-16;;;/h3-7,19-20,23H,8-9,12,21H2,1-2H3;;;/q-3;;;/t19-,20+;;;/m0.../s1. The molecule has 0 saturated carbocycles. The second kappa shape index (κ2) is 14.4. The first-order valence-corrected chi connectivity index (χ1v) is 7.81. The van der Waals surface area contributed by atoms with Crippen molar-refractivity contribution in [2.75, 3.05) is 0 Å². The van der Waals surface area contributed by atoms with Gasteiger partial charge in [-0.3, -0.25) is 0 Å². The van der Waals surface area contributed by atoms with E-state index in [1.165, 1.54) is 0 Å². The first-order valence-electron chi connectivity index (χ1n) is 7.81. The fraction of sp³-hybridized carbons (Fsp3) is 0.350. The number of aliphatic hydroxyl groups is 1. The molecular formula is C20H22NO2VWY-3. The van der Waals surface area contributed by atoms with Crippen molar-refractivity contribution in [1.29, 1.82) is 0 Å². The van der Waals surface area contributed by atoms with Gasteiger partial charge in [0.25, 0.3) is 0 Å². The maximum atomic E-state index is 11.1. The van der Waals surface area contributed by atoms with Crippen LogP contribution in [-0.2, 0) is 90.0 Å². The molecular weight excluding hydrogens is 610 g/mol. The normalized spacial score (nSPS) is 12.0. The number of hydrogen-bond donors (Lipinski definition) is 2. The zero-order valence-electron chi connectivity index (χ0n) is 15.0. The molecule has 2 rings (SSSR count). The molecule has 0 aliphatic rings. The number of hydrogen-bond acceptors (Lipinski definition) is 3. The van der Waals surface area contributed by atoms with Crippen LogP contribution in [0.3, 0.4) is 0 Å². The van der Waals surface area contributed by atoms with Gasteiger partial charge in [0.05, 0.1) is 6.10 Å². The molecule has 6 heteroatoms. The Labute approximate surface area is 207 Å². The Kier molecular flexibility index (Phi) is 15.9. The third-order valence-corrected chi connectivity index (χ3v) is 3.99. The molecule has 2 atom stereocenters. The first-order chi connectivity index (χ1) is 11.0. The molecule has 2 aromatic rings. The maximum Gasteiger partial charge on any atom is 0.0686 e. The molecule has 136 valence electrons. The third kappa shape index (κ3) is 8.61. The van der Waals surface area contributed by atoms with Crippen molar-refractivity contribution in [3.05, 3.63) is 70.3 Å². The fourth-order valence-electron chi connectivity index (χ4n) is 2.74. The van der Waals surface area contributed by atoms with Crippen molar-refractivity contribution in [1.82, 2.24) is 0 Å². The molecule has 0 spiro atoms. The number of aliphatic hydroxyl groups excluding tert-OH is 1. The van der Waals surface area contributed by atoms with E-state index in [0.717, 1.165) is 22.3 Å². The molecule has 0 aromatic heterocycles. The Morgan fingerprint density at radius 2 is 1.81 bits per heavy atom. The van der Waals surface area contributed by atoms with Gasteiger partial charge in [-0.05, 0) is 18.4 Å². The Morgan fingerprint density at radius 3 is 2.38 bits per heavy atom. The number of nitrogens with two attached hydrogens (primary N) is 1. The summed E-state index contributed by atoms with van der Waals surface area (Å²) in [5.41, 5.74) is 10.1. The molecule has 2 radical (unpaired) electrons. The average Bonchev–Trinajstić information content (AvgIpc) is 2.53. The minimum absolute atomic E-state index is 0. The van der Waals surface area contributed by atoms with Crippen molar-refractivity contribution in [2.45, 2.75) is 45.3 Å². The summed E-state index contributed by atoms with van der Waals surface area (Å²) in [6.45, 7) is 3.73. The molecule has 0 unspecified atom stereocenters. The van der Waals surface area contributed by atoms with Gasteiger partial charge in [0.15, 0.2) is 0 Å². The first kappa shape index (κ1) is 28.6. The van der Waals surface area contributed by atoms with Crippen LogP contribution in [0.1, 0.15) is 34.2 Å². The van der Waals surface area contributed by atoms with Gasteiger partial charge in [0, 0.05) is 78.4 Å². The van der Waals surface area contributed by atoms with Gasteiger partial charge in [-0.2, -0.15) is 0 Å². The van der Waals surface area contributed by atoms with Crippen molar-refractivity contribution in [2.24, 2.45) is 5.73 Å². The van der Waals surface area contributed by atoms with Crippen LogP contribution in [0, 0.1) is 26.0 Å². The van der Waals surface area contributed by atoms with Gasteiger partial charge in [-0.1, -0.05) is 43.5 Å². The van der Waals surface area contributed by atoms with Crippen LogP contribution in [0.15, 0.2) is 30.3 Å². The average molecular weight is 632 g/mol. The van der Waals surface area contributed by atoms with Crippen molar-refractivity contribution in [3.63, 3.8) is 0 Å². The summed E-state index contributed by atoms with van der Waals surface area (Å²) >= 11 is 0. The molecule has 0 aliphatic carbocycles. The van der Waals surface area contributed by atoms with Crippen molar-refractivity contribution in [3.8, 4) is 0 Å².